The molecule has 0 radical (unpaired) electrons. The van der Waals surface area contributed by atoms with E-state index >= 15 is 0 Å². The Morgan fingerprint density at radius 1 is 1.04 bits per heavy atom. The van der Waals surface area contributed by atoms with Gasteiger partial charge in [0.05, 0.1) is 22.4 Å². The lowest BCUT2D eigenvalue weighted by atomic mass is 10.1. The summed E-state index contributed by atoms with van der Waals surface area (Å²) in [5.74, 6) is -0.621. The van der Waals surface area contributed by atoms with Crippen LogP contribution >= 0.6 is 0 Å². The number of carbonyl (C=O) groups is 1. The van der Waals surface area contributed by atoms with Crippen LogP contribution in [0.1, 0.15) is 21.5 Å². The normalized spacial score (nSPS) is 12.2. The summed E-state index contributed by atoms with van der Waals surface area (Å²) < 4.78 is 76.3. The Balaban J connectivity index is 2.13. The predicted molar refractivity (Wildman–Crippen MR) is 79.4 cm³/mol. The van der Waals surface area contributed by atoms with Crippen LogP contribution in [0.2, 0.25) is 0 Å². The number of aromatic nitrogens is 1. The van der Waals surface area contributed by atoms with Gasteiger partial charge >= 0.3 is 12.4 Å². The highest BCUT2D eigenvalue weighted by atomic mass is 19.4. The highest BCUT2D eigenvalue weighted by molar-refractivity contribution is 5.94. The van der Waals surface area contributed by atoms with E-state index in [2.05, 4.69) is 20.8 Å². The van der Waals surface area contributed by atoms with E-state index in [-0.39, 0.29) is 11.6 Å². The molecule has 0 saturated heterocycles. The Kier molecular flexibility index (Phi) is 5.48. The number of aliphatic imine (C=N–C) groups is 1. The topological polar surface area (TPSA) is 66.4 Å². The maximum atomic E-state index is 12.7. The average Bonchev–Trinajstić information content (AvgIpc) is 2.57. The third-order valence-corrected chi connectivity index (χ3v) is 2.96. The Labute approximate surface area is 142 Å². The van der Waals surface area contributed by atoms with Crippen molar-refractivity contribution in [3.8, 4) is 0 Å². The molecule has 5 nitrogen and oxygen atoms in total. The van der Waals surface area contributed by atoms with Gasteiger partial charge in [-0.05, 0) is 30.3 Å². The molecule has 1 aromatic heterocycles. The van der Waals surface area contributed by atoms with Crippen LogP contribution in [0.4, 0.5) is 32.0 Å². The van der Waals surface area contributed by atoms with Gasteiger partial charge < -0.3 is 0 Å². The number of nitrogens with one attached hydrogen (secondary N) is 2. The lowest BCUT2D eigenvalue weighted by Crippen LogP contribution is -2.36. The summed E-state index contributed by atoms with van der Waals surface area (Å²) >= 11 is 0. The maximum absolute atomic E-state index is 12.7. The van der Waals surface area contributed by atoms with Gasteiger partial charge in [0, 0.05) is 12.4 Å². The van der Waals surface area contributed by atoms with Crippen LogP contribution in [0, 0.1) is 0 Å². The minimum absolute atomic E-state index is 0.00335. The molecule has 11 heteroatoms. The van der Waals surface area contributed by atoms with Gasteiger partial charge in [0.25, 0.3) is 5.91 Å². The van der Waals surface area contributed by atoms with E-state index in [1.807, 2.05) is 0 Å². The highest BCUT2D eigenvalue weighted by Crippen LogP contribution is 2.38. The van der Waals surface area contributed by atoms with Gasteiger partial charge in [-0.25, -0.2) is 4.99 Å². The van der Waals surface area contributed by atoms with Crippen molar-refractivity contribution in [2.75, 3.05) is 0 Å². The van der Waals surface area contributed by atoms with Crippen LogP contribution in [-0.4, -0.2) is 17.2 Å². The highest BCUT2D eigenvalue weighted by Gasteiger charge is 2.36. The number of hydrogen-bond acceptors (Lipinski definition) is 3. The molecule has 0 atom stereocenters. The molecule has 0 spiro atoms. The third kappa shape index (κ3) is 5.19. The molecule has 1 heterocycles. The Bertz CT molecular complexity index is 770. The number of amides is 1. The molecule has 0 bridgehead atoms. The van der Waals surface area contributed by atoms with E-state index in [4.69, 9.17) is 0 Å². The molecule has 0 aliphatic heterocycles. The maximum Gasteiger partial charge on any atom is 0.416 e. The molecule has 2 aromatic rings. The van der Waals surface area contributed by atoms with Crippen LogP contribution < -0.4 is 10.9 Å². The zero-order chi connectivity index (χ0) is 19.4. The number of hydrazine groups is 1. The number of carbonyl (C=O) groups excluding carboxylic acids is 1. The fourth-order valence-corrected chi connectivity index (χ4v) is 1.79. The number of benzene rings is 1. The van der Waals surface area contributed by atoms with Crippen molar-refractivity contribution >= 4 is 17.9 Å². The Morgan fingerprint density at radius 3 is 2.15 bits per heavy atom. The second kappa shape index (κ2) is 7.42. The van der Waals surface area contributed by atoms with Crippen LogP contribution in [0.15, 0.2) is 47.7 Å². The van der Waals surface area contributed by atoms with Crippen LogP contribution in [0.25, 0.3) is 0 Å². The van der Waals surface area contributed by atoms with E-state index in [1.165, 1.54) is 24.5 Å². The first-order valence-electron chi connectivity index (χ1n) is 6.85. The summed E-state index contributed by atoms with van der Waals surface area (Å²) in [6.07, 6.45) is -6.47. The quantitative estimate of drug-likeness (QED) is 0.370. The summed E-state index contributed by atoms with van der Waals surface area (Å²) in [6.45, 7) is 0. The fraction of sp³-hybridized carbons (Fsp3) is 0.133. The van der Waals surface area contributed by atoms with Gasteiger partial charge in [0.1, 0.15) is 6.34 Å². The lowest BCUT2D eigenvalue weighted by Gasteiger charge is -2.12. The van der Waals surface area contributed by atoms with E-state index < -0.39 is 35.1 Å². The smallest absolute Gasteiger partial charge is 0.288 e. The second-order valence-corrected chi connectivity index (χ2v) is 4.86. The summed E-state index contributed by atoms with van der Waals surface area (Å²) in [5, 5.41) is 0. The average molecular weight is 376 g/mol. The second-order valence-electron chi connectivity index (χ2n) is 4.86. The van der Waals surface area contributed by atoms with Gasteiger partial charge in [-0.1, -0.05) is 0 Å². The number of halogens is 6. The van der Waals surface area contributed by atoms with Crippen molar-refractivity contribution in [3.05, 3.63) is 59.4 Å². The summed E-state index contributed by atoms with van der Waals surface area (Å²) in [6, 6.07) is 3.86. The molecule has 138 valence electrons. The lowest BCUT2D eigenvalue weighted by molar-refractivity contribution is -0.143. The molecule has 26 heavy (non-hydrogen) atoms. The molecular weight excluding hydrogens is 366 g/mol. The largest absolute Gasteiger partial charge is 0.416 e. The zero-order valence-electron chi connectivity index (χ0n) is 12.7. The van der Waals surface area contributed by atoms with Gasteiger partial charge in [-0.3, -0.25) is 20.6 Å². The molecule has 0 aliphatic rings. The SMILES string of the molecule is O=C(NNC=Nc1cc(C(F)(F)F)cc(C(F)(F)F)c1)c1cccnc1. The minimum Gasteiger partial charge on any atom is -0.288 e. The van der Waals surface area contributed by atoms with E-state index in [0.29, 0.717) is 12.1 Å². The van der Waals surface area contributed by atoms with Crippen LogP contribution in [0.3, 0.4) is 0 Å². The molecule has 0 unspecified atom stereocenters. The molecule has 0 aliphatic carbocycles. The van der Waals surface area contributed by atoms with Crippen LogP contribution in [0.5, 0.6) is 0 Å². The van der Waals surface area contributed by atoms with Gasteiger partial charge in [0.15, 0.2) is 0 Å². The van der Waals surface area contributed by atoms with Crippen molar-refractivity contribution in [2.24, 2.45) is 4.99 Å². The first-order valence-corrected chi connectivity index (χ1v) is 6.85. The molecule has 2 rings (SSSR count). The van der Waals surface area contributed by atoms with Crippen molar-refractivity contribution < 1.29 is 31.1 Å². The van der Waals surface area contributed by atoms with Gasteiger partial charge in [-0.15, -0.1) is 0 Å². The Hall–Kier alpha value is -3.11. The third-order valence-electron chi connectivity index (χ3n) is 2.96. The summed E-state index contributed by atoms with van der Waals surface area (Å²) in [7, 11) is 0. The number of nitrogens with zero attached hydrogens (tertiary/aromatic N) is 2. The van der Waals surface area contributed by atoms with Crippen LogP contribution in [-0.2, 0) is 12.4 Å². The van der Waals surface area contributed by atoms with Gasteiger partial charge in [-0.2, -0.15) is 26.3 Å². The van der Waals surface area contributed by atoms with Crippen molar-refractivity contribution in [1.29, 1.82) is 0 Å². The summed E-state index contributed by atoms with van der Waals surface area (Å²) in [5.41, 5.74) is 0.928. The van der Waals surface area contributed by atoms with Crippen molar-refractivity contribution in [3.63, 3.8) is 0 Å². The zero-order valence-corrected chi connectivity index (χ0v) is 12.7. The predicted octanol–water partition coefficient (Wildman–Crippen LogP) is 3.71. The van der Waals surface area contributed by atoms with Crippen molar-refractivity contribution in [1.82, 2.24) is 15.8 Å². The minimum atomic E-state index is -4.96. The first-order chi connectivity index (χ1) is 12.1. The Morgan fingerprint density at radius 2 is 1.65 bits per heavy atom. The molecule has 0 fully saturated rings. The molecule has 1 aromatic carbocycles. The first kappa shape index (κ1) is 19.2. The number of pyridine rings is 1. The molecule has 0 saturated carbocycles. The van der Waals surface area contributed by atoms with Gasteiger partial charge in [0.2, 0.25) is 0 Å². The number of hydrogen-bond donors (Lipinski definition) is 2. The molecular formula is C15H10F6N4O. The molecule has 2 N–H and O–H groups in total. The van der Waals surface area contributed by atoms with Crippen molar-refractivity contribution in [2.45, 2.75) is 12.4 Å². The standard InChI is InChI=1S/C15H10F6N4O/c16-14(17,18)10-4-11(15(19,20)21)6-12(5-10)23-8-24-25-13(26)9-2-1-3-22-7-9/h1-8H,(H,23,24)(H,25,26). The monoisotopic (exact) mass is 376 g/mol. The molecule has 1 amide bonds. The number of alkyl halides is 6. The number of rotatable bonds is 4. The van der Waals surface area contributed by atoms with E-state index in [9.17, 15) is 31.1 Å². The summed E-state index contributed by atoms with van der Waals surface area (Å²) in [4.78, 5) is 18.8. The van der Waals surface area contributed by atoms with E-state index in [1.54, 1.807) is 0 Å². The fourth-order valence-electron chi connectivity index (χ4n) is 1.79. The van der Waals surface area contributed by atoms with E-state index in [0.717, 1.165) is 6.34 Å².